The summed E-state index contributed by atoms with van der Waals surface area (Å²) in [4.78, 5) is 25.2. The molecule has 3 aromatic carbocycles. The Hall–Kier alpha value is -4.51. The number of benzene rings is 3. The Bertz CT molecular complexity index is 1600. The molecule has 0 saturated heterocycles. The van der Waals surface area contributed by atoms with Crippen LogP contribution in [0.3, 0.4) is 0 Å². The van der Waals surface area contributed by atoms with Crippen LogP contribution in [0, 0.1) is 13.8 Å². The zero-order valence-corrected chi connectivity index (χ0v) is 21.7. The van der Waals surface area contributed by atoms with Crippen molar-refractivity contribution >= 4 is 27.5 Å². The van der Waals surface area contributed by atoms with Crippen LogP contribution in [0.1, 0.15) is 27.2 Å². The summed E-state index contributed by atoms with van der Waals surface area (Å²) in [6.45, 7) is 0.339. The van der Waals surface area contributed by atoms with Crippen LogP contribution in [0.4, 0.5) is 14.5 Å². The molecular formula is C28H24F2N2O6S. The van der Waals surface area contributed by atoms with Crippen LogP contribution in [0.5, 0.6) is 5.75 Å². The Balaban J connectivity index is 1.37. The van der Waals surface area contributed by atoms with Crippen molar-refractivity contribution in [2.75, 3.05) is 5.32 Å². The molecule has 8 nitrogen and oxygen atoms in total. The van der Waals surface area contributed by atoms with Gasteiger partial charge in [-0.3, -0.25) is 9.59 Å². The first kappa shape index (κ1) is 27.5. The van der Waals surface area contributed by atoms with Gasteiger partial charge in [0, 0.05) is 11.3 Å². The molecule has 0 unspecified atom stereocenters. The van der Waals surface area contributed by atoms with Crippen LogP contribution in [0.15, 0.2) is 88.2 Å². The minimum absolute atomic E-state index is 0.00355. The molecule has 0 radical (unpaired) electrons. The number of sulfonamides is 1. The topological polar surface area (TPSA) is 115 Å². The Morgan fingerprint density at radius 3 is 2.26 bits per heavy atom. The fourth-order valence-corrected chi connectivity index (χ4v) is 5.07. The summed E-state index contributed by atoms with van der Waals surface area (Å²) in [6, 6.07) is 20.1. The molecule has 0 atom stereocenters. The van der Waals surface area contributed by atoms with E-state index in [2.05, 4.69) is 14.8 Å². The second-order valence-electron chi connectivity index (χ2n) is 8.61. The minimum Gasteiger partial charge on any atom is -0.461 e. The summed E-state index contributed by atoms with van der Waals surface area (Å²) in [7, 11) is -4.00. The number of halogens is 2. The first-order valence-electron chi connectivity index (χ1n) is 11.7. The maximum absolute atomic E-state index is 12.8. The molecule has 0 bridgehead atoms. The van der Waals surface area contributed by atoms with Crippen LogP contribution in [0.25, 0.3) is 11.3 Å². The third-order valence-corrected chi connectivity index (χ3v) is 7.27. The van der Waals surface area contributed by atoms with Gasteiger partial charge in [0.05, 0.1) is 16.9 Å². The van der Waals surface area contributed by atoms with Gasteiger partial charge in [0.25, 0.3) is 15.9 Å². The maximum Gasteiger partial charge on any atom is 0.387 e. The van der Waals surface area contributed by atoms with Gasteiger partial charge in [-0.15, -0.1) is 0 Å². The van der Waals surface area contributed by atoms with E-state index in [1.165, 1.54) is 18.2 Å². The molecule has 0 saturated carbocycles. The average Bonchev–Trinajstić information content (AvgIpc) is 3.27. The average molecular weight is 555 g/mol. The molecule has 11 heteroatoms. The summed E-state index contributed by atoms with van der Waals surface area (Å²) < 4.78 is 61.8. The van der Waals surface area contributed by atoms with Crippen LogP contribution < -0.4 is 14.8 Å². The molecule has 0 aliphatic carbocycles. The number of ether oxygens (including phenoxy) is 1. The number of aryl methyl sites for hydroxylation is 2. The van der Waals surface area contributed by atoms with Crippen molar-refractivity contribution in [2.45, 2.75) is 31.8 Å². The van der Waals surface area contributed by atoms with Crippen molar-refractivity contribution in [2.24, 2.45) is 0 Å². The smallest absolute Gasteiger partial charge is 0.387 e. The standard InChI is InChI=1S/C28H24F2N2O6S/c1-17-5-3-4-6-25(17)39(35,36)32-26(33)15-19-7-11-21(12-8-19)31-27(34)23-16-24(37-18(23)2)20-9-13-22(14-10-20)38-28(29)30/h3-14,16,28H,15H2,1-2H3,(H,31,34)(H,32,33). The van der Waals surface area contributed by atoms with Crippen molar-refractivity contribution in [3.05, 3.63) is 101 Å². The van der Waals surface area contributed by atoms with Crippen molar-refractivity contribution in [1.29, 1.82) is 0 Å². The number of hydrogen-bond acceptors (Lipinski definition) is 6. The van der Waals surface area contributed by atoms with Gasteiger partial charge >= 0.3 is 6.61 Å². The van der Waals surface area contributed by atoms with Crippen LogP contribution in [0.2, 0.25) is 0 Å². The van der Waals surface area contributed by atoms with Gasteiger partial charge in [-0.05, 0) is 73.5 Å². The number of amides is 2. The van der Waals surface area contributed by atoms with Gasteiger partial charge in [-0.2, -0.15) is 8.78 Å². The Morgan fingerprint density at radius 2 is 1.62 bits per heavy atom. The molecule has 2 amide bonds. The van der Waals surface area contributed by atoms with E-state index in [0.717, 1.165) is 0 Å². The number of alkyl halides is 2. The summed E-state index contributed by atoms with van der Waals surface area (Å²) in [5, 5.41) is 2.74. The summed E-state index contributed by atoms with van der Waals surface area (Å²) in [5.41, 5.74) is 2.38. The van der Waals surface area contributed by atoms with Gasteiger partial charge < -0.3 is 14.5 Å². The largest absolute Gasteiger partial charge is 0.461 e. The Morgan fingerprint density at radius 1 is 0.949 bits per heavy atom. The molecule has 0 aliphatic rings. The van der Waals surface area contributed by atoms with Gasteiger partial charge in [0.1, 0.15) is 17.3 Å². The SMILES string of the molecule is Cc1ccccc1S(=O)(=O)NC(=O)Cc1ccc(NC(=O)c2cc(-c3ccc(OC(F)F)cc3)oc2C)cc1. The lowest BCUT2D eigenvalue weighted by Gasteiger charge is -2.10. The Labute approximate surface area is 223 Å². The number of furan rings is 1. The van der Waals surface area contributed by atoms with E-state index in [0.29, 0.717) is 33.9 Å². The first-order chi connectivity index (χ1) is 18.5. The van der Waals surface area contributed by atoms with Crippen LogP contribution in [-0.4, -0.2) is 26.8 Å². The van der Waals surface area contributed by atoms with Gasteiger partial charge in [-0.1, -0.05) is 30.3 Å². The van der Waals surface area contributed by atoms with Gasteiger partial charge in [-0.25, -0.2) is 13.1 Å². The normalized spacial score (nSPS) is 11.3. The number of hydrogen-bond donors (Lipinski definition) is 2. The minimum atomic E-state index is -4.00. The predicted octanol–water partition coefficient (Wildman–Crippen LogP) is 5.46. The van der Waals surface area contributed by atoms with Crippen molar-refractivity contribution in [3.63, 3.8) is 0 Å². The molecule has 1 aromatic heterocycles. The lowest BCUT2D eigenvalue weighted by Crippen LogP contribution is -2.32. The Kier molecular flexibility index (Phi) is 8.10. The van der Waals surface area contributed by atoms with E-state index >= 15 is 0 Å². The number of carbonyl (C=O) groups is 2. The molecule has 39 heavy (non-hydrogen) atoms. The highest BCUT2D eigenvalue weighted by Gasteiger charge is 2.20. The molecule has 0 spiro atoms. The zero-order chi connectivity index (χ0) is 28.2. The molecule has 0 fully saturated rings. The maximum atomic E-state index is 12.8. The highest BCUT2D eigenvalue weighted by Crippen LogP contribution is 2.28. The van der Waals surface area contributed by atoms with E-state index in [1.54, 1.807) is 74.5 Å². The molecule has 0 aliphatic heterocycles. The highest BCUT2D eigenvalue weighted by molar-refractivity contribution is 7.90. The van der Waals surface area contributed by atoms with Gasteiger partial charge in [0.2, 0.25) is 5.91 Å². The van der Waals surface area contributed by atoms with Crippen molar-refractivity contribution in [3.8, 4) is 17.1 Å². The highest BCUT2D eigenvalue weighted by atomic mass is 32.2. The van der Waals surface area contributed by atoms with Gasteiger partial charge in [0.15, 0.2) is 0 Å². The number of carbonyl (C=O) groups excluding carboxylic acids is 2. The first-order valence-corrected chi connectivity index (χ1v) is 13.2. The number of anilines is 1. The lowest BCUT2D eigenvalue weighted by molar-refractivity contribution is -0.118. The van der Waals surface area contributed by atoms with E-state index in [4.69, 9.17) is 4.42 Å². The van der Waals surface area contributed by atoms with E-state index in [9.17, 15) is 26.8 Å². The zero-order valence-electron chi connectivity index (χ0n) is 20.9. The van der Waals surface area contributed by atoms with E-state index in [-0.39, 0.29) is 22.6 Å². The molecule has 1 heterocycles. The third-order valence-electron chi connectivity index (χ3n) is 5.73. The number of nitrogens with one attached hydrogen (secondary N) is 2. The predicted molar refractivity (Wildman–Crippen MR) is 140 cm³/mol. The van der Waals surface area contributed by atoms with Crippen molar-refractivity contribution < 1.29 is 35.9 Å². The van der Waals surface area contributed by atoms with E-state index < -0.39 is 28.4 Å². The summed E-state index contributed by atoms with van der Waals surface area (Å²) in [5.74, 6) is -0.383. The molecule has 4 aromatic rings. The fraction of sp³-hybridized carbons (Fsp3) is 0.143. The quantitative estimate of drug-likeness (QED) is 0.284. The molecular weight excluding hydrogens is 530 g/mol. The lowest BCUT2D eigenvalue weighted by atomic mass is 10.1. The van der Waals surface area contributed by atoms with Crippen molar-refractivity contribution in [1.82, 2.24) is 4.72 Å². The summed E-state index contributed by atoms with van der Waals surface area (Å²) in [6.07, 6.45) is -0.176. The van der Waals surface area contributed by atoms with Crippen LogP contribution >= 0.6 is 0 Å². The molecule has 2 N–H and O–H groups in total. The fourth-order valence-electron chi connectivity index (χ4n) is 3.84. The second-order valence-corrected chi connectivity index (χ2v) is 10.3. The molecule has 4 rings (SSSR count). The number of rotatable bonds is 9. The molecule has 202 valence electrons. The third kappa shape index (κ3) is 6.88. The summed E-state index contributed by atoms with van der Waals surface area (Å²) >= 11 is 0. The van der Waals surface area contributed by atoms with Crippen LogP contribution in [-0.2, 0) is 21.2 Å². The second kappa shape index (κ2) is 11.5. The monoisotopic (exact) mass is 554 g/mol. The van der Waals surface area contributed by atoms with E-state index in [1.807, 2.05) is 0 Å².